The van der Waals surface area contributed by atoms with Crippen molar-refractivity contribution in [2.24, 2.45) is 5.92 Å². The third-order valence-corrected chi connectivity index (χ3v) is 9.14. The highest BCUT2D eigenvalue weighted by Gasteiger charge is 2.51. The zero-order valence-corrected chi connectivity index (χ0v) is 22.5. The molecule has 0 bridgehead atoms. The SMILES string of the molecule is CCN(CC)c1ccc([C@@H]2[C@@H]3CCCC[C@]3(O)CCN2C(=O)C2c3ccccc3Oc3ccccc32)cc1. The van der Waals surface area contributed by atoms with Crippen LogP contribution in [0.3, 0.4) is 0 Å². The van der Waals surface area contributed by atoms with Crippen molar-refractivity contribution in [1.29, 1.82) is 0 Å². The van der Waals surface area contributed by atoms with E-state index in [1.54, 1.807) is 0 Å². The summed E-state index contributed by atoms with van der Waals surface area (Å²) in [4.78, 5) is 19.1. The van der Waals surface area contributed by atoms with Gasteiger partial charge in [-0.25, -0.2) is 0 Å². The Morgan fingerprint density at radius 3 is 2.18 bits per heavy atom. The third kappa shape index (κ3) is 4.17. The number of carbonyl (C=O) groups is 1. The van der Waals surface area contributed by atoms with Gasteiger partial charge >= 0.3 is 0 Å². The summed E-state index contributed by atoms with van der Waals surface area (Å²) in [5.74, 6) is 1.19. The van der Waals surface area contributed by atoms with E-state index in [2.05, 4.69) is 47.9 Å². The number of aliphatic hydroxyl groups is 1. The number of piperidine rings is 1. The Balaban J connectivity index is 1.42. The summed E-state index contributed by atoms with van der Waals surface area (Å²) in [6.07, 6.45) is 4.52. The number of hydrogen-bond donors (Lipinski definition) is 1. The van der Waals surface area contributed by atoms with Crippen molar-refractivity contribution in [3.05, 3.63) is 89.5 Å². The summed E-state index contributed by atoms with van der Waals surface area (Å²) >= 11 is 0. The summed E-state index contributed by atoms with van der Waals surface area (Å²) < 4.78 is 6.20. The van der Waals surface area contributed by atoms with Crippen molar-refractivity contribution < 1.29 is 14.6 Å². The molecule has 0 aromatic heterocycles. The molecule has 2 fully saturated rings. The van der Waals surface area contributed by atoms with E-state index < -0.39 is 11.5 Å². The molecule has 1 amide bonds. The van der Waals surface area contributed by atoms with Crippen LogP contribution in [0.25, 0.3) is 0 Å². The van der Waals surface area contributed by atoms with Gasteiger partial charge in [-0.05, 0) is 62.9 Å². The van der Waals surface area contributed by atoms with E-state index in [9.17, 15) is 9.90 Å². The Hall–Kier alpha value is -3.31. The van der Waals surface area contributed by atoms with E-state index in [1.807, 2.05) is 48.5 Å². The average molecular weight is 511 g/mol. The summed E-state index contributed by atoms with van der Waals surface area (Å²) in [6.45, 7) is 6.80. The van der Waals surface area contributed by atoms with E-state index >= 15 is 0 Å². The minimum atomic E-state index is -0.720. The fourth-order valence-corrected chi connectivity index (χ4v) is 7.15. The van der Waals surface area contributed by atoms with Crippen LogP contribution in [0, 0.1) is 5.92 Å². The Morgan fingerprint density at radius 2 is 1.55 bits per heavy atom. The van der Waals surface area contributed by atoms with Crippen LogP contribution in [0.4, 0.5) is 5.69 Å². The highest BCUT2D eigenvalue weighted by molar-refractivity contribution is 5.90. The first-order valence-electron chi connectivity index (χ1n) is 14.3. The molecule has 1 N–H and O–H groups in total. The Labute approximate surface area is 226 Å². The molecule has 38 heavy (non-hydrogen) atoms. The zero-order valence-electron chi connectivity index (χ0n) is 22.5. The lowest BCUT2D eigenvalue weighted by atomic mass is 9.65. The molecule has 198 valence electrons. The van der Waals surface area contributed by atoms with Gasteiger partial charge in [0, 0.05) is 42.4 Å². The molecule has 0 unspecified atom stereocenters. The topological polar surface area (TPSA) is 53.0 Å². The fraction of sp³-hybridized carbons (Fsp3) is 0.424. The van der Waals surface area contributed by atoms with Gasteiger partial charge in [-0.3, -0.25) is 4.79 Å². The second-order valence-electron chi connectivity index (χ2n) is 11.1. The molecule has 6 rings (SSSR count). The lowest BCUT2D eigenvalue weighted by molar-refractivity contribution is -0.156. The number of amides is 1. The average Bonchev–Trinajstić information content (AvgIpc) is 2.95. The van der Waals surface area contributed by atoms with Gasteiger partial charge in [-0.1, -0.05) is 61.4 Å². The number of rotatable bonds is 5. The molecule has 1 aliphatic carbocycles. The van der Waals surface area contributed by atoms with Crippen molar-refractivity contribution in [2.45, 2.75) is 63.5 Å². The van der Waals surface area contributed by atoms with Gasteiger partial charge in [0.25, 0.3) is 0 Å². The maximum Gasteiger partial charge on any atom is 0.235 e. The largest absolute Gasteiger partial charge is 0.457 e. The highest BCUT2D eigenvalue weighted by atomic mass is 16.5. The molecule has 5 nitrogen and oxygen atoms in total. The van der Waals surface area contributed by atoms with Crippen LogP contribution >= 0.6 is 0 Å². The Kier molecular flexibility index (Phi) is 6.65. The van der Waals surface area contributed by atoms with Crippen LogP contribution in [0.5, 0.6) is 11.5 Å². The number of hydrogen-bond acceptors (Lipinski definition) is 4. The van der Waals surface area contributed by atoms with E-state index in [-0.39, 0.29) is 17.9 Å². The van der Waals surface area contributed by atoms with Crippen LogP contribution in [0.2, 0.25) is 0 Å². The smallest absolute Gasteiger partial charge is 0.235 e. The first-order chi connectivity index (χ1) is 18.5. The number of ether oxygens (including phenoxy) is 1. The molecule has 1 saturated carbocycles. The summed E-state index contributed by atoms with van der Waals surface area (Å²) in [6, 6.07) is 24.4. The molecule has 3 aromatic rings. The quantitative estimate of drug-likeness (QED) is 0.417. The van der Waals surface area contributed by atoms with Gasteiger partial charge in [0.15, 0.2) is 0 Å². The standard InChI is InChI=1S/C33H38N2O3/c1-3-34(4-2)24-18-16-23(17-19-24)31-27-13-9-10-20-33(27,37)21-22-35(31)32(36)30-25-11-5-7-14-28(25)38-29-15-8-6-12-26(29)30/h5-8,11-12,14-19,27,30-31,37H,3-4,9-10,13,20-22H2,1-2H3/t27-,31+,33-/m0/s1. The first-order valence-corrected chi connectivity index (χ1v) is 14.3. The molecule has 3 aromatic carbocycles. The normalized spacial score (nSPS) is 24.6. The van der Waals surface area contributed by atoms with Crippen LogP contribution in [0.15, 0.2) is 72.8 Å². The summed E-state index contributed by atoms with van der Waals surface area (Å²) in [5, 5.41) is 11.8. The van der Waals surface area contributed by atoms with Gasteiger partial charge in [0.1, 0.15) is 11.5 Å². The van der Waals surface area contributed by atoms with Gasteiger partial charge in [-0.2, -0.15) is 0 Å². The van der Waals surface area contributed by atoms with E-state index in [4.69, 9.17) is 4.74 Å². The fourth-order valence-electron chi connectivity index (χ4n) is 7.15. The molecule has 0 radical (unpaired) electrons. The van der Waals surface area contributed by atoms with Gasteiger partial charge in [-0.15, -0.1) is 0 Å². The molecule has 3 atom stereocenters. The van der Waals surface area contributed by atoms with Gasteiger partial charge in [0.05, 0.1) is 17.6 Å². The molecular formula is C33H38N2O3. The molecule has 2 aliphatic heterocycles. The van der Waals surface area contributed by atoms with Crippen LogP contribution < -0.4 is 9.64 Å². The van der Waals surface area contributed by atoms with Crippen LogP contribution in [-0.2, 0) is 4.79 Å². The van der Waals surface area contributed by atoms with E-state index in [0.29, 0.717) is 13.0 Å². The first kappa shape index (κ1) is 25.0. The van der Waals surface area contributed by atoms with Crippen molar-refractivity contribution in [1.82, 2.24) is 4.90 Å². The molecule has 2 heterocycles. The molecule has 1 saturated heterocycles. The van der Waals surface area contributed by atoms with Crippen molar-refractivity contribution in [2.75, 3.05) is 24.5 Å². The second-order valence-corrected chi connectivity index (χ2v) is 11.1. The maximum atomic E-state index is 14.7. The lowest BCUT2D eigenvalue weighted by Gasteiger charge is -2.53. The Bertz CT molecular complexity index is 1260. The number of fused-ring (bicyclic) bond motifs is 3. The van der Waals surface area contributed by atoms with E-state index in [1.165, 1.54) is 5.69 Å². The van der Waals surface area contributed by atoms with Gasteiger partial charge in [0.2, 0.25) is 5.91 Å². The third-order valence-electron chi connectivity index (χ3n) is 9.14. The minimum absolute atomic E-state index is 0.0265. The van der Waals surface area contributed by atoms with Crippen LogP contribution in [0.1, 0.15) is 74.6 Å². The molecule has 5 heteroatoms. The minimum Gasteiger partial charge on any atom is -0.457 e. The number of benzene rings is 3. The number of nitrogens with zero attached hydrogens (tertiary/aromatic N) is 2. The molecular weight excluding hydrogens is 472 g/mol. The lowest BCUT2D eigenvalue weighted by Crippen LogP contribution is -2.57. The number of anilines is 1. The van der Waals surface area contributed by atoms with E-state index in [0.717, 1.165) is 67.0 Å². The second kappa shape index (κ2) is 10.1. The van der Waals surface area contributed by atoms with Crippen LogP contribution in [-0.4, -0.2) is 41.1 Å². The predicted molar refractivity (Wildman–Crippen MR) is 151 cm³/mol. The molecule has 0 spiro atoms. The van der Waals surface area contributed by atoms with Crippen molar-refractivity contribution in [3.63, 3.8) is 0 Å². The maximum absolute atomic E-state index is 14.7. The van der Waals surface area contributed by atoms with Crippen molar-refractivity contribution >= 4 is 11.6 Å². The number of carbonyl (C=O) groups excluding carboxylic acids is 1. The summed E-state index contributed by atoms with van der Waals surface area (Å²) in [5.41, 5.74) is 3.42. The Morgan fingerprint density at radius 1 is 0.921 bits per heavy atom. The monoisotopic (exact) mass is 510 g/mol. The highest BCUT2D eigenvalue weighted by Crippen LogP contribution is 2.52. The molecule has 3 aliphatic rings. The number of para-hydroxylation sites is 2. The predicted octanol–water partition coefficient (Wildman–Crippen LogP) is 6.67. The van der Waals surface area contributed by atoms with Gasteiger partial charge < -0.3 is 19.6 Å². The summed E-state index contributed by atoms with van der Waals surface area (Å²) in [7, 11) is 0. The van der Waals surface area contributed by atoms with Crippen molar-refractivity contribution in [3.8, 4) is 11.5 Å². The number of likely N-dealkylation sites (tertiary alicyclic amines) is 1. The zero-order chi connectivity index (χ0) is 26.3.